The SMILES string of the molecule is COc1ccc(-c2nc3cccc4c3n2-c2ccccc2NC4=O)cc1. The molecule has 2 heterocycles. The van der Waals surface area contributed by atoms with Crippen molar-refractivity contribution in [1.82, 2.24) is 9.55 Å². The van der Waals surface area contributed by atoms with Gasteiger partial charge in [0.2, 0.25) is 0 Å². The monoisotopic (exact) mass is 341 g/mol. The smallest absolute Gasteiger partial charge is 0.257 e. The van der Waals surface area contributed by atoms with Crippen LogP contribution in [0.5, 0.6) is 5.75 Å². The standard InChI is InChI=1S/C21H15N3O2/c1-26-14-11-9-13(10-12-14)20-22-17-7-4-5-15-19(17)24(20)18-8-3-2-6-16(18)23-21(15)25/h2-12H,1H3,(H,23,25). The number of carbonyl (C=O) groups is 1. The van der Waals surface area contributed by atoms with Crippen LogP contribution in [0.3, 0.4) is 0 Å². The first kappa shape index (κ1) is 14.7. The van der Waals surface area contributed by atoms with Gasteiger partial charge in [-0.05, 0) is 48.5 Å². The van der Waals surface area contributed by atoms with E-state index in [-0.39, 0.29) is 5.91 Å². The molecule has 5 rings (SSSR count). The van der Waals surface area contributed by atoms with Crippen molar-refractivity contribution in [3.05, 3.63) is 72.3 Å². The molecule has 5 heteroatoms. The van der Waals surface area contributed by atoms with E-state index in [0.717, 1.165) is 39.5 Å². The second kappa shape index (κ2) is 5.46. The summed E-state index contributed by atoms with van der Waals surface area (Å²) in [6.45, 7) is 0. The van der Waals surface area contributed by atoms with Crippen molar-refractivity contribution in [2.24, 2.45) is 0 Å². The highest BCUT2D eigenvalue weighted by Gasteiger charge is 2.25. The summed E-state index contributed by atoms with van der Waals surface area (Å²) in [5.41, 5.74) is 4.85. The molecule has 126 valence electrons. The lowest BCUT2D eigenvalue weighted by molar-refractivity contribution is 0.102. The number of nitrogens with one attached hydrogen (secondary N) is 1. The fourth-order valence-electron chi connectivity index (χ4n) is 3.44. The zero-order valence-corrected chi connectivity index (χ0v) is 14.1. The summed E-state index contributed by atoms with van der Waals surface area (Å²) >= 11 is 0. The summed E-state index contributed by atoms with van der Waals surface area (Å²) in [5, 5.41) is 3.00. The molecule has 0 spiro atoms. The number of ether oxygens (including phenoxy) is 1. The van der Waals surface area contributed by atoms with E-state index in [2.05, 4.69) is 9.88 Å². The van der Waals surface area contributed by atoms with Crippen LogP contribution in [0.1, 0.15) is 10.4 Å². The highest BCUT2D eigenvalue weighted by Crippen LogP contribution is 2.36. The number of methoxy groups -OCH3 is 1. The number of hydrogen-bond acceptors (Lipinski definition) is 3. The van der Waals surface area contributed by atoms with Crippen molar-refractivity contribution in [1.29, 1.82) is 0 Å². The lowest BCUT2D eigenvalue weighted by atomic mass is 10.1. The largest absolute Gasteiger partial charge is 0.497 e. The molecule has 1 aliphatic rings. The number of imidazole rings is 1. The van der Waals surface area contributed by atoms with E-state index in [4.69, 9.17) is 9.72 Å². The number of benzene rings is 3. The molecule has 0 saturated carbocycles. The molecule has 0 radical (unpaired) electrons. The molecule has 0 bridgehead atoms. The van der Waals surface area contributed by atoms with Crippen LogP contribution >= 0.6 is 0 Å². The molecule has 1 N–H and O–H groups in total. The molecule has 1 amide bonds. The van der Waals surface area contributed by atoms with Crippen LogP contribution in [0.25, 0.3) is 28.1 Å². The molecule has 0 unspecified atom stereocenters. The Hall–Kier alpha value is -3.60. The number of anilines is 1. The Balaban J connectivity index is 1.88. The molecule has 5 nitrogen and oxygen atoms in total. The lowest BCUT2D eigenvalue weighted by Gasteiger charge is -2.12. The number of para-hydroxylation sites is 3. The van der Waals surface area contributed by atoms with E-state index in [1.54, 1.807) is 7.11 Å². The van der Waals surface area contributed by atoms with Crippen molar-refractivity contribution in [3.63, 3.8) is 0 Å². The highest BCUT2D eigenvalue weighted by molar-refractivity contribution is 6.14. The van der Waals surface area contributed by atoms with Gasteiger partial charge in [0.05, 0.1) is 35.1 Å². The minimum Gasteiger partial charge on any atom is -0.497 e. The predicted molar refractivity (Wildman–Crippen MR) is 101 cm³/mol. The van der Waals surface area contributed by atoms with Gasteiger partial charge in [-0.2, -0.15) is 0 Å². The highest BCUT2D eigenvalue weighted by atomic mass is 16.5. The molecule has 0 fully saturated rings. The van der Waals surface area contributed by atoms with E-state index in [1.807, 2.05) is 66.7 Å². The molecule has 0 aliphatic carbocycles. The van der Waals surface area contributed by atoms with Gasteiger partial charge in [0, 0.05) is 5.56 Å². The van der Waals surface area contributed by atoms with E-state index in [1.165, 1.54) is 0 Å². The Morgan fingerprint density at radius 2 is 1.77 bits per heavy atom. The Labute approximate surface area is 149 Å². The lowest BCUT2D eigenvalue weighted by Crippen LogP contribution is -2.10. The molecule has 26 heavy (non-hydrogen) atoms. The molecule has 4 aromatic rings. The first-order valence-corrected chi connectivity index (χ1v) is 8.33. The zero-order valence-electron chi connectivity index (χ0n) is 14.1. The van der Waals surface area contributed by atoms with E-state index < -0.39 is 0 Å². The molecular weight excluding hydrogens is 326 g/mol. The van der Waals surface area contributed by atoms with Gasteiger partial charge in [0.1, 0.15) is 11.6 Å². The van der Waals surface area contributed by atoms with Gasteiger partial charge in [0.25, 0.3) is 5.91 Å². The molecular formula is C21H15N3O2. The average Bonchev–Trinajstić information content (AvgIpc) is 3.02. The minimum atomic E-state index is -0.122. The number of fused-ring (bicyclic) bond motifs is 2. The molecule has 0 atom stereocenters. The van der Waals surface area contributed by atoms with Gasteiger partial charge in [-0.15, -0.1) is 0 Å². The van der Waals surface area contributed by atoms with Gasteiger partial charge in [-0.3, -0.25) is 9.36 Å². The van der Waals surface area contributed by atoms with Crippen molar-refractivity contribution in [3.8, 4) is 22.8 Å². The van der Waals surface area contributed by atoms with Gasteiger partial charge < -0.3 is 10.1 Å². The van der Waals surface area contributed by atoms with Crippen LogP contribution in [-0.2, 0) is 0 Å². The number of carbonyl (C=O) groups excluding carboxylic acids is 1. The fourth-order valence-corrected chi connectivity index (χ4v) is 3.44. The van der Waals surface area contributed by atoms with Gasteiger partial charge >= 0.3 is 0 Å². The maximum atomic E-state index is 12.7. The second-order valence-electron chi connectivity index (χ2n) is 6.14. The van der Waals surface area contributed by atoms with Gasteiger partial charge in [0.15, 0.2) is 0 Å². The molecule has 3 aromatic carbocycles. The summed E-state index contributed by atoms with van der Waals surface area (Å²) in [7, 11) is 1.65. The summed E-state index contributed by atoms with van der Waals surface area (Å²) in [6, 6.07) is 21.2. The Kier molecular flexibility index (Phi) is 3.09. The summed E-state index contributed by atoms with van der Waals surface area (Å²) < 4.78 is 7.31. The topological polar surface area (TPSA) is 56.1 Å². The predicted octanol–water partition coefficient (Wildman–Crippen LogP) is 4.27. The van der Waals surface area contributed by atoms with Crippen LogP contribution in [0.2, 0.25) is 0 Å². The number of rotatable bonds is 2. The number of nitrogens with zero attached hydrogens (tertiary/aromatic N) is 2. The average molecular weight is 341 g/mol. The van der Waals surface area contributed by atoms with Crippen molar-refractivity contribution in [2.45, 2.75) is 0 Å². The van der Waals surface area contributed by atoms with Gasteiger partial charge in [-0.25, -0.2) is 4.98 Å². The van der Waals surface area contributed by atoms with Crippen molar-refractivity contribution >= 4 is 22.6 Å². The van der Waals surface area contributed by atoms with Gasteiger partial charge in [-0.1, -0.05) is 18.2 Å². The second-order valence-corrected chi connectivity index (χ2v) is 6.14. The van der Waals surface area contributed by atoms with Crippen LogP contribution < -0.4 is 10.1 Å². The first-order chi connectivity index (χ1) is 12.8. The quantitative estimate of drug-likeness (QED) is 0.592. The summed E-state index contributed by atoms with van der Waals surface area (Å²) in [5.74, 6) is 1.46. The number of amides is 1. The maximum absolute atomic E-state index is 12.7. The van der Waals surface area contributed by atoms with Crippen LogP contribution in [0.4, 0.5) is 5.69 Å². The third-order valence-electron chi connectivity index (χ3n) is 4.66. The van der Waals surface area contributed by atoms with E-state index in [0.29, 0.717) is 5.56 Å². The summed E-state index contributed by atoms with van der Waals surface area (Å²) in [4.78, 5) is 17.5. The normalized spacial score (nSPS) is 12.4. The summed E-state index contributed by atoms with van der Waals surface area (Å²) in [6.07, 6.45) is 0. The van der Waals surface area contributed by atoms with Crippen LogP contribution in [0.15, 0.2) is 66.7 Å². The van der Waals surface area contributed by atoms with Crippen LogP contribution in [-0.4, -0.2) is 22.6 Å². The zero-order chi connectivity index (χ0) is 17.7. The van der Waals surface area contributed by atoms with E-state index in [9.17, 15) is 4.79 Å². The Morgan fingerprint density at radius 1 is 0.962 bits per heavy atom. The van der Waals surface area contributed by atoms with E-state index >= 15 is 0 Å². The third kappa shape index (κ3) is 2.04. The molecule has 1 aliphatic heterocycles. The Bertz CT molecular complexity index is 1160. The Morgan fingerprint density at radius 3 is 2.58 bits per heavy atom. The van der Waals surface area contributed by atoms with Crippen molar-refractivity contribution in [2.75, 3.05) is 12.4 Å². The first-order valence-electron chi connectivity index (χ1n) is 8.33. The maximum Gasteiger partial charge on any atom is 0.257 e. The number of hydrogen-bond donors (Lipinski definition) is 1. The van der Waals surface area contributed by atoms with Crippen LogP contribution in [0, 0.1) is 0 Å². The molecule has 1 aromatic heterocycles. The minimum absolute atomic E-state index is 0.122. The fraction of sp³-hybridized carbons (Fsp3) is 0.0476. The van der Waals surface area contributed by atoms with Crippen molar-refractivity contribution < 1.29 is 9.53 Å². The third-order valence-corrected chi connectivity index (χ3v) is 4.66. The molecule has 0 saturated heterocycles. The number of aromatic nitrogens is 2.